The topological polar surface area (TPSA) is 43.3 Å². The molecule has 0 unspecified atom stereocenters. The molecule has 78 valence electrons. The van der Waals surface area contributed by atoms with Crippen molar-refractivity contribution in [3.63, 3.8) is 0 Å². The van der Waals surface area contributed by atoms with Gasteiger partial charge in [0.25, 0.3) is 0 Å². The summed E-state index contributed by atoms with van der Waals surface area (Å²) in [6.07, 6.45) is 0.383. The molecule has 0 aliphatic rings. The van der Waals surface area contributed by atoms with Crippen LogP contribution in [-0.4, -0.2) is 24.3 Å². The summed E-state index contributed by atoms with van der Waals surface area (Å²) in [6, 6.07) is 4.06. The number of ether oxygens (including phenoxy) is 1. The van der Waals surface area contributed by atoms with Crippen LogP contribution in [0.15, 0.2) is 12.1 Å². The second-order valence-electron chi connectivity index (χ2n) is 3.19. The molecule has 4 nitrogen and oxygen atoms in total. The van der Waals surface area contributed by atoms with E-state index in [2.05, 4.69) is 10.2 Å². The van der Waals surface area contributed by atoms with Gasteiger partial charge in [0.15, 0.2) is 0 Å². The van der Waals surface area contributed by atoms with Gasteiger partial charge in [-0.3, -0.25) is 9.47 Å². The molecular weight excluding hydrogens is 180 g/mol. The van der Waals surface area contributed by atoms with Gasteiger partial charge < -0.3 is 10.2 Å². The highest BCUT2D eigenvalue weighted by Gasteiger charge is 2.02. The fraction of sp³-hybridized carbons (Fsp3) is 0.500. The zero-order chi connectivity index (χ0) is 10.6. The van der Waals surface area contributed by atoms with Crippen LogP contribution in [0.1, 0.15) is 17.8 Å². The maximum absolute atomic E-state index is 10.8. The summed E-state index contributed by atoms with van der Waals surface area (Å²) < 4.78 is 6.50. The van der Waals surface area contributed by atoms with Crippen molar-refractivity contribution in [2.45, 2.75) is 20.3 Å². The Balaban J connectivity index is 2.42. The van der Waals surface area contributed by atoms with Crippen molar-refractivity contribution in [2.24, 2.45) is 0 Å². The molecule has 1 heterocycles. The Morgan fingerprint density at radius 3 is 2.50 bits per heavy atom. The first-order chi connectivity index (χ1) is 6.65. The molecule has 1 rings (SSSR count). The summed E-state index contributed by atoms with van der Waals surface area (Å²) in [5.41, 5.74) is 5.41. The Bertz CT molecular complexity index is 298. The van der Waals surface area contributed by atoms with Gasteiger partial charge in [0.1, 0.15) is 0 Å². The Morgan fingerprint density at radius 1 is 1.43 bits per heavy atom. The minimum absolute atomic E-state index is 0.194. The van der Waals surface area contributed by atoms with Crippen LogP contribution in [0.25, 0.3) is 0 Å². The van der Waals surface area contributed by atoms with Gasteiger partial charge >= 0.3 is 5.97 Å². The van der Waals surface area contributed by atoms with E-state index in [4.69, 9.17) is 0 Å². The molecule has 0 spiro atoms. The van der Waals surface area contributed by atoms with Crippen molar-refractivity contribution < 1.29 is 9.53 Å². The van der Waals surface area contributed by atoms with Crippen LogP contribution in [0.4, 0.5) is 0 Å². The predicted molar refractivity (Wildman–Crippen MR) is 54.8 cm³/mol. The Morgan fingerprint density at radius 2 is 2.00 bits per heavy atom. The fourth-order valence-electron chi connectivity index (χ4n) is 1.29. The summed E-state index contributed by atoms with van der Waals surface area (Å²) in [4.78, 5) is 10.8. The van der Waals surface area contributed by atoms with Crippen molar-refractivity contribution >= 4 is 5.97 Å². The van der Waals surface area contributed by atoms with Crippen molar-refractivity contribution in [1.29, 1.82) is 0 Å². The van der Waals surface area contributed by atoms with Gasteiger partial charge in [0, 0.05) is 17.9 Å². The van der Waals surface area contributed by atoms with Crippen LogP contribution in [0.5, 0.6) is 0 Å². The van der Waals surface area contributed by atoms with Gasteiger partial charge in [-0.2, -0.15) is 0 Å². The molecule has 1 aromatic rings. The Labute approximate surface area is 83.8 Å². The smallest absolute Gasteiger partial charge is 0.307 e. The number of esters is 1. The zero-order valence-electron chi connectivity index (χ0n) is 8.83. The van der Waals surface area contributed by atoms with E-state index in [1.807, 2.05) is 30.7 Å². The zero-order valence-corrected chi connectivity index (χ0v) is 8.83. The van der Waals surface area contributed by atoms with Gasteiger partial charge in [-0.05, 0) is 26.0 Å². The van der Waals surface area contributed by atoms with Crippen molar-refractivity contribution in [3.05, 3.63) is 23.5 Å². The van der Waals surface area contributed by atoms with E-state index in [-0.39, 0.29) is 5.97 Å². The number of hydrogen-bond acceptors (Lipinski definition) is 3. The summed E-state index contributed by atoms with van der Waals surface area (Å²) in [5, 5.41) is 0. The van der Waals surface area contributed by atoms with Crippen LogP contribution < -0.4 is 5.43 Å². The third kappa shape index (κ3) is 2.52. The van der Waals surface area contributed by atoms with Crippen LogP contribution in [0.3, 0.4) is 0 Å². The number of nitrogens with one attached hydrogen (secondary N) is 1. The van der Waals surface area contributed by atoms with E-state index in [1.54, 1.807) is 0 Å². The molecule has 14 heavy (non-hydrogen) atoms. The maximum atomic E-state index is 10.8. The molecule has 0 fully saturated rings. The quantitative estimate of drug-likeness (QED) is 0.736. The molecule has 0 radical (unpaired) electrons. The third-order valence-corrected chi connectivity index (χ3v) is 2.10. The highest BCUT2D eigenvalue weighted by atomic mass is 16.5. The van der Waals surface area contributed by atoms with Gasteiger partial charge in [-0.25, -0.2) is 0 Å². The molecule has 1 N–H and O–H groups in total. The largest absolute Gasteiger partial charge is 0.469 e. The molecule has 0 atom stereocenters. The number of aromatic nitrogens is 1. The van der Waals surface area contributed by atoms with Crippen molar-refractivity contribution in [3.8, 4) is 0 Å². The third-order valence-electron chi connectivity index (χ3n) is 2.10. The van der Waals surface area contributed by atoms with Gasteiger partial charge in [0.05, 0.1) is 13.5 Å². The summed E-state index contributed by atoms with van der Waals surface area (Å²) in [5.74, 6) is -0.194. The minimum atomic E-state index is -0.194. The molecule has 0 amide bonds. The van der Waals surface area contributed by atoms with Gasteiger partial charge in [-0.15, -0.1) is 0 Å². The number of rotatable bonds is 4. The number of hydrogen-bond donors (Lipinski definition) is 1. The molecule has 0 saturated carbocycles. The lowest BCUT2D eigenvalue weighted by molar-refractivity contribution is -0.140. The van der Waals surface area contributed by atoms with Crippen LogP contribution in [0, 0.1) is 13.8 Å². The van der Waals surface area contributed by atoms with E-state index in [0.717, 1.165) is 11.4 Å². The lowest BCUT2D eigenvalue weighted by atomic mass is 10.4. The van der Waals surface area contributed by atoms with Crippen molar-refractivity contribution in [2.75, 3.05) is 19.1 Å². The van der Waals surface area contributed by atoms with Crippen LogP contribution in [-0.2, 0) is 9.53 Å². The molecule has 0 aliphatic carbocycles. The average molecular weight is 196 g/mol. The summed E-state index contributed by atoms with van der Waals surface area (Å²) >= 11 is 0. The predicted octanol–water partition coefficient (Wildman–Crippen LogP) is 1.21. The molecule has 1 aromatic heterocycles. The molecule has 4 heteroatoms. The first kappa shape index (κ1) is 10.6. The lowest BCUT2D eigenvalue weighted by Crippen LogP contribution is -2.20. The number of aryl methyl sites for hydroxylation is 2. The van der Waals surface area contributed by atoms with E-state index in [9.17, 15) is 4.79 Å². The Hall–Kier alpha value is -1.45. The molecule has 0 aromatic carbocycles. The first-order valence-corrected chi connectivity index (χ1v) is 4.61. The van der Waals surface area contributed by atoms with E-state index < -0.39 is 0 Å². The second kappa shape index (κ2) is 4.69. The molecular formula is C10H16N2O2. The van der Waals surface area contributed by atoms with E-state index >= 15 is 0 Å². The molecule has 0 saturated heterocycles. The van der Waals surface area contributed by atoms with E-state index in [0.29, 0.717) is 13.0 Å². The molecule has 0 bridgehead atoms. The second-order valence-corrected chi connectivity index (χ2v) is 3.19. The summed E-state index contributed by atoms with van der Waals surface area (Å²) in [6.45, 7) is 4.61. The number of methoxy groups -OCH3 is 1. The van der Waals surface area contributed by atoms with E-state index in [1.165, 1.54) is 7.11 Å². The minimum Gasteiger partial charge on any atom is -0.469 e. The first-order valence-electron chi connectivity index (χ1n) is 4.61. The standard InChI is InChI=1S/C10H16N2O2/c1-8-4-5-9(2)12(8)11-7-6-10(13)14-3/h4-5,11H,6-7H2,1-3H3. The average Bonchev–Trinajstić information content (AvgIpc) is 2.48. The SMILES string of the molecule is COC(=O)CCNn1c(C)ccc1C. The van der Waals surface area contributed by atoms with Crippen LogP contribution in [0.2, 0.25) is 0 Å². The van der Waals surface area contributed by atoms with Crippen LogP contribution >= 0.6 is 0 Å². The van der Waals surface area contributed by atoms with Gasteiger partial charge in [0.2, 0.25) is 0 Å². The highest BCUT2D eigenvalue weighted by molar-refractivity contribution is 5.69. The molecule has 0 aliphatic heterocycles. The maximum Gasteiger partial charge on any atom is 0.307 e. The monoisotopic (exact) mass is 196 g/mol. The Kier molecular flexibility index (Phi) is 3.56. The highest BCUT2D eigenvalue weighted by Crippen LogP contribution is 2.03. The number of nitrogens with zero attached hydrogens (tertiary/aromatic N) is 1. The van der Waals surface area contributed by atoms with Crippen molar-refractivity contribution in [1.82, 2.24) is 4.68 Å². The fourth-order valence-corrected chi connectivity index (χ4v) is 1.29. The number of carbonyl (C=O) groups excluding carboxylic acids is 1. The number of carbonyl (C=O) groups is 1. The van der Waals surface area contributed by atoms with Gasteiger partial charge in [-0.1, -0.05) is 0 Å². The lowest BCUT2D eigenvalue weighted by Gasteiger charge is -2.11. The normalized spacial score (nSPS) is 9.93. The summed E-state index contributed by atoms with van der Waals surface area (Å²) in [7, 11) is 1.40.